The van der Waals surface area contributed by atoms with Crippen LogP contribution in [0.1, 0.15) is 31.0 Å². The van der Waals surface area contributed by atoms with E-state index in [9.17, 15) is 13.6 Å². The Kier molecular flexibility index (Phi) is 4.10. The molecule has 8 heteroatoms. The number of hydrogen-bond acceptors (Lipinski definition) is 5. The van der Waals surface area contributed by atoms with Gasteiger partial charge in [0.15, 0.2) is 0 Å². The fraction of sp³-hybridized carbons (Fsp3) is 0.333. The molecule has 2 aromatic heterocycles. The zero-order chi connectivity index (χ0) is 18.3. The Morgan fingerprint density at radius 2 is 2.00 bits per heavy atom. The van der Waals surface area contributed by atoms with E-state index in [0.717, 1.165) is 0 Å². The molecule has 4 rings (SSSR count). The number of aromatic nitrogens is 4. The lowest BCUT2D eigenvalue weighted by Gasteiger charge is -2.33. The minimum atomic E-state index is -2.73. The number of benzene rings is 1. The van der Waals surface area contributed by atoms with Crippen molar-refractivity contribution in [2.45, 2.75) is 25.3 Å². The molecule has 0 unspecified atom stereocenters. The molecule has 26 heavy (non-hydrogen) atoms. The molecule has 0 spiro atoms. The van der Waals surface area contributed by atoms with E-state index < -0.39 is 6.43 Å². The highest BCUT2D eigenvalue weighted by molar-refractivity contribution is 5.77. The Balaban J connectivity index is 1.67. The predicted octanol–water partition coefficient (Wildman–Crippen LogP) is 3.56. The largest absolute Gasteiger partial charge is 0.469 e. The number of methoxy groups -OCH3 is 1. The van der Waals surface area contributed by atoms with Gasteiger partial charge in [0.25, 0.3) is 6.43 Å². The summed E-state index contributed by atoms with van der Waals surface area (Å²) in [4.78, 5) is 20.2. The average molecular weight is 358 g/mol. The number of hydrogen-bond donors (Lipinski definition) is 0. The first-order valence-electron chi connectivity index (χ1n) is 8.24. The summed E-state index contributed by atoms with van der Waals surface area (Å²) in [6.45, 7) is 0. The first-order valence-corrected chi connectivity index (χ1v) is 8.24. The van der Waals surface area contributed by atoms with Crippen LogP contribution in [0.15, 0.2) is 36.7 Å². The maximum atomic E-state index is 13.5. The van der Waals surface area contributed by atoms with Gasteiger partial charge >= 0.3 is 5.97 Å². The van der Waals surface area contributed by atoms with E-state index in [4.69, 9.17) is 4.74 Å². The van der Waals surface area contributed by atoms with Gasteiger partial charge in [-0.15, -0.1) is 0 Å². The fourth-order valence-electron chi connectivity index (χ4n) is 3.20. The van der Waals surface area contributed by atoms with Gasteiger partial charge in [0.1, 0.15) is 5.69 Å². The number of alkyl halides is 2. The third kappa shape index (κ3) is 2.81. The van der Waals surface area contributed by atoms with E-state index in [-0.39, 0.29) is 29.2 Å². The maximum absolute atomic E-state index is 13.5. The van der Waals surface area contributed by atoms with Gasteiger partial charge in [-0.05, 0) is 25.0 Å². The molecule has 1 aromatic carbocycles. The highest BCUT2D eigenvalue weighted by atomic mass is 19.3. The Bertz CT molecular complexity index is 967. The minimum Gasteiger partial charge on any atom is -0.469 e. The standard InChI is InChI=1S/C18H16F2N4O2/c1-26-18(25)10-6-11(7-10)24-9-12(16(23-24)17(19)20)15-8-21-13-4-2-3-5-14(13)22-15/h2-5,8-11,17H,6-7H2,1H3/t10-,11-. The van der Waals surface area contributed by atoms with Gasteiger partial charge in [0.05, 0.1) is 42.0 Å². The number of ether oxygens (including phenoxy) is 1. The monoisotopic (exact) mass is 358 g/mol. The van der Waals surface area contributed by atoms with Crippen LogP contribution in [0.25, 0.3) is 22.3 Å². The average Bonchev–Trinajstić information content (AvgIpc) is 3.05. The van der Waals surface area contributed by atoms with Gasteiger partial charge < -0.3 is 4.74 Å². The van der Waals surface area contributed by atoms with Crippen LogP contribution in [0, 0.1) is 5.92 Å². The van der Waals surface area contributed by atoms with Crippen molar-refractivity contribution in [1.29, 1.82) is 0 Å². The summed E-state index contributed by atoms with van der Waals surface area (Å²) < 4.78 is 33.2. The normalized spacial score (nSPS) is 19.5. The summed E-state index contributed by atoms with van der Waals surface area (Å²) in [5.41, 5.74) is 1.62. The van der Waals surface area contributed by atoms with E-state index >= 15 is 0 Å². The molecular weight excluding hydrogens is 342 g/mol. The lowest BCUT2D eigenvalue weighted by atomic mass is 9.80. The quantitative estimate of drug-likeness (QED) is 0.667. The topological polar surface area (TPSA) is 69.9 Å². The Morgan fingerprint density at radius 1 is 1.27 bits per heavy atom. The number of halogens is 2. The number of nitrogens with zero attached hydrogens (tertiary/aromatic N) is 4. The molecule has 0 aliphatic heterocycles. The summed E-state index contributed by atoms with van der Waals surface area (Å²) in [5.74, 6) is -0.476. The van der Waals surface area contributed by atoms with Gasteiger partial charge in [-0.1, -0.05) is 12.1 Å². The van der Waals surface area contributed by atoms with E-state index in [1.54, 1.807) is 12.3 Å². The van der Waals surface area contributed by atoms with Crippen LogP contribution >= 0.6 is 0 Å². The van der Waals surface area contributed by atoms with Crippen molar-refractivity contribution >= 4 is 17.0 Å². The van der Waals surface area contributed by atoms with Crippen molar-refractivity contribution in [3.8, 4) is 11.3 Å². The summed E-state index contributed by atoms with van der Waals surface area (Å²) in [6, 6.07) is 7.15. The molecule has 2 heterocycles. The highest BCUT2D eigenvalue weighted by Gasteiger charge is 2.37. The van der Waals surface area contributed by atoms with Crippen molar-refractivity contribution in [2.24, 2.45) is 5.92 Å². The molecular formula is C18H16F2N4O2. The summed E-state index contributed by atoms with van der Waals surface area (Å²) in [6.07, 6.45) is 1.38. The van der Waals surface area contributed by atoms with Crippen LogP contribution < -0.4 is 0 Å². The van der Waals surface area contributed by atoms with E-state index in [2.05, 4.69) is 15.1 Å². The number of fused-ring (bicyclic) bond motifs is 1. The molecule has 0 radical (unpaired) electrons. The predicted molar refractivity (Wildman–Crippen MR) is 89.5 cm³/mol. The second-order valence-electron chi connectivity index (χ2n) is 6.30. The molecule has 3 aromatic rings. The molecule has 1 fully saturated rings. The van der Waals surface area contributed by atoms with Gasteiger partial charge in [-0.3, -0.25) is 14.5 Å². The number of para-hydroxylation sites is 2. The first kappa shape index (κ1) is 16.6. The summed E-state index contributed by atoms with van der Waals surface area (Å²) in [7, 11) is 1.34. The van der Waals surface area contributed by atoms with Crippen molar-refractivity contribution in [1.82, 2.24) is 19.7 Å². The molecule has 134 valence electrons. The third-order valence-corrected chi connectivity index (χ3v) is 4.71. The minimum absolute atomic E-state index is 0.0984. The Morgan fingerprint density at radius 3 is 2.69 bits per heavy atom. The smallest absolute Gasteiger partial charge is 0.308 e. The van der Waals surface area contributed by atoms with Gasteiger partial charge in [-0.2, -0.15) is 5.10 Å². The molecule has 1 aliphatic carbocycles. The summed E-state index contributed by atoms with van der Waals surface area (Å²) >= 11 is 0. The molecule has 1 saturated carbocycles. The van der Waals surface area contributed by atoms with Crippen molar-refractivity contribution in [2.75, 3.05) is 7.11 Å². The highest BCUT2D eigenvalue weighted by Crippen LogP contribution is 2.40. The van der Waals surface area contributed by atoms with Crippen molar-refractivity contribution in [3.63, 3.8) is 0 Å². The number of rotatable bonds is 4. The zero-order valence-electron chi connectivity index (χ0n) is 14.0. The molecule has 6 nitrogen and oxygen atoms in total. The van der Waals surface area contributed by atoms with Crippen LogP contribution in [0.5, 0.6) is 0 Å². The van der Waals surface area contributed by atoms with Crippen LogP contribution in [-0.2, 0) is 9.53 Å². The molecule has 1 aliphatic rings. The van der Waals surface area contributed by atoms with Gasteiger partial charge in [0, 0.05) is 11.8 Å². The maximum Gasteiger partial charge on any atom is 0.308 e. The SMILES string of the molecule is COC(=O)[C@H]1C[C@H](n2cc(-c3cnc4ccccc4n3)c(C(F)F)n2)C1. The number of carbonyl (C=O) groups excluding carboxylic acids is 1. The molecule has 0 atom stereocenters. The first-order chi connectivity index (χ1) is 12.6. The summed E-state index contributed by atoms with van der Waals surface area (Å²) in [5, 5.41) is 4.05. The molecule has 0 amide bonds. The lowest BCUT2D eigenvalue weighted by molar-refractivity contribution is -0.149. The van der Waals surface area contributed by atoms with Crippen LogP contribution in [0.4, 0.5) is 8.78 Å². The van der Waals surface area contributed by atoms with Gasteiger partial charge in [0.2, 0.25) is 0 Å². The third-order valence-electron chi connectivity index (χ3n) is 4.71. The van der Waals surface area contributed by atoms with E-state index in [0.29, 0.717) is 29.6 Å². The lowest BCUT2D eigenvalue weighted by Crippen LogP contribution is -2.33. The Hall–Kier alpha value is -2.90. The van der Waals surface area contributed by atoms with Gasteiger partial charge in [-0.25, -0.2) is 13.8 Å². The molecule has 0 saturated heterocycles. The van der Waals surface area contributed by atoms with Crippen molar-refractivity contribution in [3.05, 3.63) is 42.4 Å². The zero-order valence-corrected chi connectivity index (χ0v) is 14.0. The van der Waals surface area contributed by atoms with Crippen LogP contribution in [0.2, 0.25) is 0 Å². The molecule has 0 N–H and O–H groups in total. The second-order valence-corrected chi connectivity index (χ2v) is 6.30. The second kappa shape index (κ2) is 6.44. The number of carbonyl (C=O) groups is 1. The van der Waals surface area contributed by atoms with Crippen LogP contribution in [-0.4, -0.2) is 32.8 Å². The number of esters is 1. The fourth-order valence-corrected chi connectivity index (χ4v) is 3.20. The van der Waals surface area contributed by atoms with E-state index in [1.165, 1.54) is 18.0 Å². The van der Waals surface area contributed by atoms with Crippen molar-refractivity contribution < 1.29 is 18.3 Å². The molecule has 0 bridgehead atoms. The van der Waals surface area contributed by atoms with Crippen LogP contribution in [0.3, 0.4) is 0 Å². The Labute approximate surface area is 147 Å². The van der Waals surface area contributed by atoms with E-state index in [1.807, 2.05) is 18.2 Å².